The second kappa shape index (κ2) is 4.98. The molecule has 104 valence electrons. The predicted octanol–water partition coefficient (Wildman–Crippen LogP) is 3.07. The molecular formula is C17H12FNO2. The lowest BCUT2D eigenvalue weighted by molar-refractivity contribution is -0.112. The van der Waals surface area contributed by atoms with Gasteiger partial charge in [-0.2, -0.15) is 0 Å². The molecule has 4 heteroatoms. The van der Waals surface area contributed by atoms with Gasteiger partial charge in [-0.25, -0.2) is 4.39 Å². The molecule has 0 fully saturated rings. The van der Waals surface area contributed by atoms with Gasteiger partial charge in [-0.15, -0.1) is 0 Å². The first kappa shape index (κ1) is 13.2. The highest BCUT2D eigenvalue weighted by Crippen LogP contribution is 2.35. The van der Waals surface area contributed by atoms with Crippen LogP contribution in [0.1, 0.15) is 15.9 Å². The van der Waals surface area contributed by atoms with E-state index in [0.717, 1.165) is 11.3 Å². The molecule has 0 aliphatic carbocycles. The van der Waals surface area contributed by atoms with Crippen LogP contribution in [0.15, 0.2) is 54.6 Å². The Morgan fingerprint density at radius 3 is 2.48 bits per heavy atom. The zero-order valence-electron chi connectivity index (χ0n) is 11.3. The molecule has 1 heterocycles. The topological polar surface area (TPSA) is 37.4 Å². The van der Waals surface area contributed by atoms with Gasteiger partial charge in [0.25, 0.3) is 5.91 Å². The summed E-state index contributed by atoms with van der Waals surface area (Å²) in [6.07, 6.45) is 1.32. The van der Waals surface area contributed by atoms with E-state index in [0.29, 0.717) is 11.1 Å². The smallest absolute Gasteiger partial charge is 0.258 e. The van der Waals surface area contributed by atoms with Crippen molar-refractivity contribution in [2.75, 3.05) is 11.9 Å². The van der Waals surface area contributed by atoms with Gasteiger partial charge in [0.05, 0.1) is 11.3 Å². The monoisotopic (exact) mass is 281 g/mol. The van der Waals surface area contributed by atoms with E-state index in [-0.39, 0.29) is 11.7 Å². The molecule has 0 unspecified atom stereocenters. The third-order valence-corrected chi connectivity index (χ3v) is 3.49. The van der Waals surface area contributed by atoms with Crippen molar-refractivity contribution in [2.45, 2.75) is 0 Å². The van der Waals surface area contributed by atoms with E-state index in [4.69, 9.17) is 0 Å². The summed E-state index contributed by atoms with van der Waals surface area (Å²) in [7, 11) is 1.67. The van der Waals surface area contributed by atoms with Crippen molar-refractivity contribution in [2.24, 2.45) is 0 Å². The molecule has 0 saturated heterocycles. The molecule has 2 aromatic rings. The molecule has 1 aliphatic rings. The molecule has 0 bridgehead atoms. The summed E-state index contributed by atoms with van der Waals surface area (Å²) < 4.78 is 12.9. The molecule has 21 heavy (non-hydrogen) atoms. The maximum atomic E-state index is 12.9. The summed E-state index contributed by atoms with van der Waals surface area (Å²) in [6.45, 7) is 0. The Kier molecular flexibility index (Phi) is 3.14. The number of halogens is 1. The maximum Gasteiger partial charge on any atom is 0.258 e. The zero-order valence-corrected chi connectivity index (χ0v) is 11.3. The summed E-state index contributed by atoms with van der Waals surface area (Å²) in [4.78, 5) is 25.9. The number of hydrogen-bond donors (Lipinski definition) is 0. The summed E-state index contributed by atoms with van der Waals surface area (Å²) >= 11 is 0. The molecular weight excluding hydrogens is 269 g/mol. The maximum absolute atomic E-state index is 12.9. The van der Waals surface area contributed by atoms with Crippen molar-refractivity contribution in [1.29, 1.82) is 0 Å². The van der Waals surface area contributed by atoms with E-state index in [1.165, 1.54) is 35.2 Å². The number of ketones is 1. The van der Waals surface area contributed by atoms with Crippen LogP contribution in [0, 0.1) is 5.82 Å². The molecule has 1 amide bonds. The number of hydrogen-bond acceptors (Lipinski definition) is 2. The quantitative estimate of drug-likeness (QED) is 0.626. The number of anilines is 1. The van der Waals surface area contributed by atoms with Crippen molar-refractivity contribution in [3.63, 3.8) is 0 Å². The van der Waals surface area contributed by atoms with E-state index in [9.17, 15) is 14.0 Å². The molecule has 0 radical (unpaired) electrons. The highest BCUT2D eigenvalue weighted by atomic mass is 19.1. The van der Waals surface area contributed by atoms with Gasteiger partial charge in [-0.3, -0.25) is 9.59 Å². The summed E-state index contributed by atoms with van der Waals surface area (Å²) in [5.41, 5.74) is 2.23. The number of rotatable bonds is 2. The standard InChI is InChI=1S/C17H12FNO2/c1-19-15-5-3-2-4-13(15)14(17(19)21)10-16(20)11-6-8-12(18)9-7-11/h2-10H,1H3. The van der Waals surface area contributed by atoms with Crippen molar-refractivity contribution < 1.29 is 14.0 Å². The third-order valence-electron chi connectivity index (χ3n) is 3.49. The number of amides is 1. The third kappa shape index (κ3) is 2.25. The van der Waals surface area contributed by atoms with Crippen LogP contribution in [0.2, 0.25) is 0 Å². The van der Waals surface area contributed by atoms with E-state index in [1.54, 1.807) is 13.1 Å². The van der Waals surface area contributed by atoms with E-state index in [1.807, 2.05) is 18.2 Å². The fourth-order valence-electron chi connectivity index (χ4n) is 2.37. The fourth-order valence-corrected chi connectivity index (χ4v) is 2.37. The van der Waals surface area contributed by atoms with Gasteiger partial charge < -0.3 is 4.90 Å². The first-order chi connectivity index (χ1) is 10.1. The minimum atomic E-state index is -0.402. The van der Waals surface area contributed by atoms with Gasteiger partial charge in [0, 0.05) is 18.2 Å². The van der Waals surface area contributed by atoms with Crippen LogP contribution in [0.4, 0.5) is 10.1 Å². The molecule has 0 N–H and O–H groups in total. The lowest BCUT2D eigenvalue weighted by Gasteiger charge is -2.07. The summed E-state index contributed by atoms with van der Waals surface area (Å²) in [5.74, 6) is -0.934. The van der Waals surface area contributed by atoms with E-state index in [2.05, 4.69) is 0 Å². The molecule has 3 rings (SSSR count). The van der Waals surface area contributed by atoms with Gasteiger partial charge in [0.2, 0.25) is 0 Å². The van der Waals surface area contributed by atoms with E-state index < -0.39 is 5.82 Å². The molecule has 0 spiro atoms. The van der Waals surface area contributed by atoms with Crippen molar-refractivity contribution in [3.05, 3.63) is 71.6 Å². The van der Waals surface area contributed by atoms with Gasteiger partial charge in [-0.1, -0.05) is 18.2 Å². The Morgan fingerprint density at radius 2 is 1.76 bits per heavy atom. The van der Waals surface area contributed by atoms with Crippen LogP contribution in [0.5, 0.6) is 0 Å². The molecule has 1 aliphatic heterocycles. The average molecular weight is 281 g/mol. The van der Waals surface area contributed by atoms with Gasteiger partial charge in [-0.05, 0) is 36.4 Å². The van der Waals surface area contributed by atoms with Crippen LogP contribution in [-0.4, -0.2) is 18.7 Å². The number of carbonyl (C=O) groups is 2. The van der Waals surface area contributed by atoms with E-state index >= 15 is 0 Å². The largest absolute Gasteiger partial charge is 0.311 e. The van der Waals surface area contributed by atoms with Crippen molar-refractivity contribution in [3.8, 4) is 0 Å². The molecule has 0 saturated carbocycles. The van der Waals surface area contributed by atoms with Crippen LogP contribution in [-0.2, 0) is 4.79 Å². The molecule has 0 aromatic heterocycles. The van der Waals surface area contributed by atoms with Gasteiger partial charge >= 0.3 is 0 Å². The highest BCUT2D eigenvalue weighted by molar-refractivity contribution is 6.35. The SMILES string of the molecule is CN1C(=O)C(=CC(=O)c2ccc(F)cc2)c2ccccc21. The Morgan fingerprint density at radius 1 is 1.10 bits per heavy atom. The summed E-state index contributed by atoms with van der Waals surface area (Å²) in [5, 5.41) is 0. The van der Waals surface area contributed by atoms with Crippen LogP contribution >= 0.6 is 0 Å². The number of fused-ring (bicyclic) bond motifs is 1. The minimum Gasteiger partial charge on any atom is -0.311 e. The minimum absolute atomic E-state index is 0.216. The second-order valence-corrected chi connectivity index (χ2v) is 4.81. The second-order valence-electron chi connectivity index (χ2n) is 4.81. The predicted molar refractivity (Wildman–Crippen MR) is 78.6 cm³/mol. The Labute approximate surface area is 121 Å². The first-order valence-corrected chi connectivity index (χ1v) is 6.47. The Bertz CT molecular complexity index is 763. The van der Waals surface area contributed by atoms with Crippen LogP contribution in [0.3, 0.4) is 0 Å². The number of likely N-dealkylation sites (N-methyl/N-ethyl adjacent to an activating group) is 1. The van der Waals surface area contributed by atoms with Crippen LogP contribution < -0.4 is 4.90 Å². The lowest BCUT2D eigenvalue weighted by atomic mass is 10.0. The van der Waals surface area contributed by atoms with Crippen molar-refractivity contribution >= 4 is 23.0 Å². The van der Waals surface area contributed by atoms with Crippen molar-refractivity contribution in [1.82, 2.24) is 0 Å². The zero-order chi connectivity index (χ0) is 15.0. The number of benzene rings is 2. The molecule has 0 atom stereocenters. The molecule has 2 aromatic carbocycles. The average Bonchev–Trinajstić information content (AvgIpc) is 2.73. The Hall–Kier alpha value is -2.75. The lowest BCUT2D eigenvalue weighted by Crippen LogP contribution is -2.20. The van der Waals surface area contributed by atoms with Gasteiger partial charge in [0.15, 0.2) is 5.78 Å². The van der Waals surface area contributed by atoms with Gasteiger partial charge in [0.1, 0.15) is 5.82 Å². The number of nitrogens with zero attached hydrogens (tertiary/aromatic N) is 1. The fraction of sp³-hybridized carbons (Fsp3) is 0.0588. The number of para-hydroxylation sites is 1. The first-order valence-electron chi connectivity index (χ1n) is 6.47. The number of carbonyl (C=O) groups excluding carboxylic acids is 2. The number of allylic oxidation sites excluding steroid dienone is 1. The Balaban J connectivity index is 2.02. The van der Waals surface area contributed by atoms with Crippen LogP contribution in [0.25, 0.3) is 5.57 Å². The summed E-state index contributed by atoms with van der Waals surface area (Å²) in [6, 6.07) is 12.6. The normalized spacial score (nSPS) is 15.4. The highest BCUT2D eigenvalue weighted by Gasteiger charge is 2.29. The molecule has 3 nitrogen and oxygen atoms in total.